The number of carbonyl (C=O) groups excluding carboxylic acids is 1. The Morgan fingerprint density at radius 1 is 1.17 bits per heavy atom. The summed E-state index contributed by atoms with van der Waals surface area (Å²) >= 11 is 0. The van der Waals surface area contributed by atoms with E-state index in [0.29, 0.717) is 17.9 Å². The highest BCUT2D eigenvalue weighted by atomic mass is 16.5. The van der Waals surface area contributed by atoms with Crippen LogP contribution in [0.5, 0.6) is 5.75 Å². The van der Waals surface area contributed by atoms with Crippen LogP contribution in [0, 0.1) is 0 Å². The molecule has 0 radical (unpaired) electrons. The first-order valence-corrected chi connectivity index (χ1v) is 7.51. The van der Waals surface area contributed by atoms with Crippen LogP contribution in [-0.4, -0.2) is 22.3 Å². The number of carbonyl (C=O) groups is 1. The van der Waals surface area contributed by atoms with Crippen LogP contribution in [0.1, 0.15) is 10.4 Å². The normalized spacial score (nSPS) is 10.2. The van der Waals surface area contributed by atoms with Gasteiger partial charge in [-0.1, -0.05) is 12.7 Å². The van der Waals surface area contributed by atoms with Gasteiger partial charge in [0.2, 0.25) is 0 Å². The van der Waals surface area contributed by atoms with Gasteiger partial charge < -0.3 is 10.1 Å². The number of nitrogens with zero attached hydrogens (tertiary/aromatic N) is 2. The van der Waals surface area contributed by atoms with Crippen molar-refractivity contribution < 1.29 is 9.53 Å². The Balaban J connectivity index is 1.65. The van der Waals surface area contributed by atoms with Crippen molar-refractivity contribution in [2.75, 3.05) is 11.9 Å². The molecule has 1 aromatic heterocycles. The number of anilines is 1. The maximum atomic E-state index is 12.3. The molecule has 1 N–H and O–H groups in total. The minimum Gasteiger partial charge on any atom is -0.490 e. The lowest BCUT2D eigenvalue weighted by Gasteiger charge is -2.08. The quantitative estimate of drug-likeness (QED) is 0.705. The molecule has 0 aliphatic rings. The van der Waals surface area contributed by atoms with Gasteiger partial charge in [0.15, 0.2) is 0 Å². The molecule has 24 heavy (non-hydrogen) atoms. The molecule has 3 rings (SSSR count). The maximum Gasteiger partial charge on any atom is 0.255 e. The van der Waals surface area contributed by atoms with E-state index >= 15 is 0 Å². The zero-order valence-corrected chi connectivity index (χ0v) is 13.1. The van der Waals surface area contributed by atoms with Crippen molar-refractivity contribution in [1.29, 1.82) is 0 Å². The second kappa shape index (κ2) is 7.28. The molecule has 1 heterocycles. The van der Waals surface area contributed by atoms with E-state index in [4.69, 9.17) is 4.74 Å². The highest BCUT2D eigenvalue weighted by molar-refractivity contribution is 6.04. The summed E-state index contributed by atoms with van der Waals surface area (Å²) in [5.41, 5.74) is 2.22. The molecule has 0 saturated heterocycles. The molecule has 0 aliphatic heterocycles. The van der Waals surface area contributed by atoms with Crippen molar-refractivity contribution in [1.82, 2.24) is 9.78 Å². The standard InChI is InChI=1S/C19H17N3O2/c1-2-14-24-18-10-4-15(5-11-18)19(23)21-16-6-8-17(9-7-16)22-13-3-12-20-22/h2-13H,1,14H2,(H,21,23). The van der Waals surface area contributed by atoms with Crippen LogP contribution in [0.2, 0.25) is 0 Å². The smallest absolute Gasteiger partial charge is 0.255 e. The third kappa shape index (κ3) is 3.70. The second-order valence-electron chi connectivity index (χ2n) is 5.08. The van der Waals surface area contributed by atoms with Crippen molar-refractivity contribution in [3.63, 3.8) is 0 Å². The lowest BCUT2D eigenvalue weighted by Crippen LogP contribution is -2.11. The molecule has 5 nitrogen and oxygen atoms in total. The van der Waals surface area contributed by atoms with Crippen LogP contribution in [0.4, 0.5) is 5.69 Å². The molecule has 0 fully saturated rings. The molecule has 1 amide bonds. The average Bonchev–Trinajstić information content (AvgIpc) is 3.15. The van der Waals surface area contributed by atoms with E-state index in [2.05, 4.69) is 17.0 Å². The van der Waals surface area contributed by atoms with E-state index in [1.165, 1.54) is 0 Å². The Morgan fingerprint density at radius 2 is 1.92 bits per heavy atom. The Hall–Kier alpha value is -3.34. The zero-order valence-electron chi connectivity index (χ0n) is 13.1. The van der Waals surface area contributed by atoms with Crippen molar-refractivity contribution >= 4 is 11.6 Å². The third-order valence-corrected chi connectivity index (χ3v) is 3.38. The van der Waals surface area contributed by atoms with Gasteiger partial charge in [0.25, 0.3) is 5.91 Å². The molecule has 0 bridgehead atoms. The second-order valence-corrected chi connectivity index (χ2v) is 5.08. The van der Waals surface area contributed by atoms with Crippen LogP contribution < -0.4 is 10.1 Å². The number of hydrogen-bond acceptors (Lipinski definition) is 3. The first-order chi connectivity index (χ1) is 11.8. The molecule has 120 valence electrons. The summed E-state index contributed by atoms with van der Waals surface area (Å²) in [5, 5.41) is 7.03. The van der Waals surface area contributed by atoms with Crippen LogP contribution in [0.3, 0.4) is 0 Å². The minimum absolute atomic E-state index is 0.169. The summed E-state index contributed by atoms with van der Waals surface area (Å²) in [6.07, 6.45) is 5.26. The third-order valence-electron chi connectivity index (χ3n) is 3.38. The highest BCUT2D eigenvalue weighted by Crippen LogP contribution is 2.16. The van der Waals surface area contributed by atoms with Crippen molar-refractivity contribution in [2.45, 2.75) is 0 Å². The molecule has 0 atom stereocenters. The molecule has 0 aliphatic carbocycles. The number of amides is 1. The van der Waals surface area contributed by atoms with E-state index in [1.54, 1.807) is 41.2 Å². The number of aromatic nitrogens is 2. The van der Waals surface area contributed by atoms with Crippen LogP contribution in [0.25, 0.3) is 5.69 Å². The number of ether oxygens (including phenoxy) is 1. The van der Waals surface area contributed by atoms with E-state index in [1.807, 2.05) is 36.5 Å². The number of nitrogens with one attached hydrogen (secondary N) is 1. The summed E-state index contributed by atoms with van der Waals surface area (Å²) in [6.45, 7) is 4.03. The van der Waals surface area contributed by atoms with Crippen molar-refractivity contribution in [2.24, 2.45) is 0 Å². The molecule has 0 unspecified atom stereocenters. The van der Waals surface area contributed by atoms with Gasteiger partial charge in [-0.3, -0.25) is 4.79 Å². The predicted molar refractivity (Wildman–Crippen MR) is 93.7 cm³/mol. The van der Waals surface area contributed by atoms with Crippen LogP contribution in [0.15, 0.2) is 79.6 Å². The molecule has 3 aromatic rings. The molecule has 0 saturated carbocycles. The van der Waals surface area contributed by atoms with Crippen molar-refractivity contribution in [3.8, 4) is 11.4 Å². The van der Waals surface area contributed by atoms with Crippen LogP contribution >= 0.6 is 0 Å². The van der Waals surface area contributed by atoms with E-state index in [9.17, 15) is 4.79 Å². The van der Waals surface area contributed by atoms with Crippen LogP contribution in [-0.2, 0) is 0 Å². The minimum atomic E-state index is -0.169. The van der Waals surface area contributed by atoms with E-state index in [0.717, 1.165) is 11.4 Å². The fraction of sp³-hybridized carbons (Fsp3) is 0.0526. The topological polar surface area (TPSA) is 56.1 Å². The average molecular weight is 319 g/mol. The summed E-state index contributed by atoms with van der Waals surface area (Å²) in [7, 11) is 0. The van der Waals surface area contributed by atoms with E-state index < -0.39 is 0 Å². The predicted octanol–water partition coefficient (Wildman–Crippen LogP) is 3.69. The SMILES string of the molecule is C=CCOc1ccc(C(=O)Nc2ccc(-n3cccn3)cc2)cc1. The summed E-state index contributed by atoms with van der Waals surface area (Å²) in [5.74, 6) is 0.534. The highest BCUT2D eigenvalue weighted by Gasteiger charge is 2.06. The van der Waals surface area contributed by atoms with Gasteiger partial charge in [-0.05, 0) is 54.6 Å². The van der Waals surface area contributed by atoms with Gasteiger partial charge in [0.05, 0.1) is 5.69 Å². The fourth-order valence-corrected chi connectivity index (χ4v) is 2.18. The number of hydrogen-bond donors (Lipinski definition) is 1. The molecular weight excluding hydrogens is 302 g/mol. The first kappa shape index (κ1) is 15.6. The van der Waals surface area contributed by atoms with E-state index in [-0.39, 0.29) is 5.91 Å². The Morgan fingerprint density at radius 3 is 2.54 bits per heavy atom. The van der Waals surface area contributed by atoms with Gasteiger partial charge in [0.1, 0.15) is 12.4 Å². The molecule has 5 heteroatoms. The number of benzene rings is 2. The first-order valence-electron chi connectivity index (χ1n) is 7.51. The molecule has 0 spiro atoms. The Bertz CT molecular complexity index is 807. The summed E-state index contributed by atoms with van der Waals surface area (Å²) in [4.78, 5) is 12.3. The maximum absolute atomic E-state index is 12.3. The lowest BCUT2D eigenvalue weighted by atomic mass is 10.2. The van der Waals surface area contributed by atoms with Gasteiger partial charge in [0, 0.05) is 23.6 Å². The monoisotopic (exact) mass is 319 g/mol. The fourth-order valence-electron chi connectivity index (χ4n) is 2.18. The lowest BCUT2D eigenvalue weighted by molar-refractivity contribution is 0.102. The Kier molecular flexibility index (Phi) is 4.72. The molecular formula is C19H17N3O2. The zero-order chi connectivity index (χ0) is 16.8. The largest absolute Gasteiger partial charge is 0.490 e. The summed E-state index contributed by atoms with van der Waals surface area (Å²) in [6, 6.07) is 16.3. The van der Waals surface area contributed by atoms with Gasteiger partial charge in [-0.25, -0.2) is 4.68 Å². The van der Waals surface area contributed by atoms with Gasteiger partial charge >= 0.3 is 0 Å². The van der Waals surface area contributed by atoms with Gasteiger partial charge in [-0.2, -0.15) is 5.10 Å². The van der Waals surface area contributed by atoms with Crippen molar-refractivity contribution in [3.05, 3.63) is 85.2 Å². The number of rotatable bonds is 6. The Labute approximate surface area is 140 Å². The molecule has 2 aromatic carbocycles. The summed E-state index contributed by atoms with van der Waals surface area (Å²) < 4.78 is 7.16. The van der Waals surface area contributed by atoms with Gasteiger partial charge in [-0.15, -0.1) is 0 Å².